The summed E-state index contributed by atoms with van der Waals surface area (Å²) in [4.78, 5) is 16.0. The number of hydrogen-bond acceptors (Lipinski definition) is 2. The summed E-state index contributed by atoms with van der Waals surface area (Å²) in [6.45, 7) is 2.40. The molecule has 18 heavy (non-hydrogen) atoms. The minimum atomic E-state index is -0.0716. The highest BCUT2D eigenvalue weighted by Crippen LogP contribution is 2.19. The van der Waals surface area contributed by atoms with Gasteiger partial charge in [0.1, 0.15) is 0 Å². The molecule has 3 nitrogen and oxygen atoms in total. The summed E-state index contributed by atoms with van der Waals surface area (Å²) in [7, 11) is 0. The van der Waals surface area contributed by atoms with E-state index in [4.69, 9.17) is 0 Å². The van der Waals surface area contributed by atoms with E-state index in [1.807, 2.05) is 37.3 Å². The second-order valence-corrected chi connectivity index (χ2v) is 4.81. The van der Waals surface area contributed by atoms with E-state index in [1.54, 1.807) is 12.4 Å². The molecule has 0 unspecified atom stereocenters. The largest absolute Gasteiger partial charge is 0.348 e. The highest BCUT2D eigenvalue weighted by molar-refractivity contribution is 9.10. The Kier molecular flexibility index (Phi) is 4.10. The number of hydrogen-bond donors (Lipinski definition) is 1. The van der Waals surface area contributed by atoms with Crippen LogP contribution < -0.4 is 5.32 Å². The number of benzene rings is 1. The van der Waals surface area contributed by atoms with Gasteiger partial charge >= 0.3 is 0 Å². The molecular formula is C14H13BrN2O. The average Bonchev–Trinajstić information content (AvgIpc) is 2.40. The van der Waals surface area contributed by atoms with Crippen molar-refractivity contribution in [2.24, 2.45) is 0 Å². The van der Waals surface area contributed by atoms with E-state index in [0.717, 1.165) is 15.6 Å². The molecule has 0 aliphatic carbocycles. The average molecular weight is 305 g/mol. The van der Waals surface area contributed by atoms with E-state index in [9.17, 15) is 4.79 Å². The lowest BCUT2D eigenvalue weighted by atomic mass is 10.1. The fourth-order valence-electron chi connectivity index (χ4n) is 1.63. The summed E-state index contributed by atoms with van der Waals surface area (Å²) >= 11 is 3.42. The van der Waals surface area contributed by atoms with Crippen LogP contribution in [0.2, 0.25) is 0 Å². The number of halogens is 1. The first-order valence-electron chi connectivity index (χ1n) is 5.60. The van der Waals surface area contributed by atoms with Crippen LogP contribution >= 0.6 is 15.9 Å². The zero-order chi connectivity index (χ0) is 13.0. The second kappa shape index (κ2) is 5.78. The summed E-state index contributed by atoms with van der Waals surface area (Å²) in [5.41, 5.74) is 2.62. The number of rotatable bonds is 3. The molecule has 0 atom stereocenters. The maximum Gasteiger partial charge on any atom is 0.251 e. The van der Waals surface area contributed by atoms with E-state index < -0.39 is 0 Å². The molecule has 2 rings (SSSR count). The molecule has 0 radical (unpaired) electrons. The number of nitrogens with one attached hydrogen (secondary N) is 1. The molecule has 1 heterocycles. The van der Waals surface area contributed by atoms with Gasteiger partial charge < -0.3 is 5.32 Å². The molecule has 0 saturated heterocycles. The predicted octanol–water partition coefficient (Wildman–Crippen LogP) is 3.08. The van der Waals surface area contributed by atoms with Gasteiger partial charge in [-0.2, -0.15) is 0 Å². The molecule has 1 aromatic carbocycles. The fourth-order valence-corrected chi connectivity index (χ4v) is 2.00. The van der Waals surface area contributed by atoms with E-state index in [2.05, 4.69) is 26.2 Å². The van der Waals surface area contributed by atoms with Crippen LogP contribution in [0.5, 0.6) is 0 Å². The van der Waals surface area contributed by atoms with Crippen LogP contribution in [0, 0.1) is 6.92 Å². The van der Waals surface area contributed by atoms with E-state index in [0.29, 0.717) is 12.1 Å². The van der Waals surface area contributed by atoms with Gasteiger partial charge in [-0.3, -0.25) is 9.78 Å². The van der Waals surface area contributed by atoms with Crippen LogP contribution in [-0.4, -0.2) is 10.9 Å². The number of amides is 1. The van der Waals surface area contributed by atoms with Crippen molar-refractivity contribution < 1.29 is 4.79 Å². The highest BCUT2D eigenvalue weighted by Gasteiger charge is 2.09. The first-order chi connectivity index (χ1) is 8.68. The van der Waals surface area contributed by atoms with Crippen LogP contribution in [0.4, 0.5) is 0 Å². The molecule has 1 N–H and O–H groups in total. The molecule has 1 aromatic heterocycles. The summed E-state index contributed by atoms with van der Waals surface area (Å²) < 4.78 is 0.941. The number of carbonyl (C=O) groups is 1. The summed E-state index contributed by atoms with van der Waals surface area (Å²) in [6, 6.07) is 9.38. The van der Waals surface area contributed by atoms with Crippen molar-refractivity contribution in [2.45, 2.75) is 13.5 Å². The van der Waals surface area contributed by atoms with Crippen molar-refractivity contribution in [1.29, 1.82) is 0 Å². The molecule has 0 bridgehead atoms. The van der Waals surface area contributed by atoms with Crippen LogP contribution in [-0.2, 0) is 6.54 Å². The SMILES string of the molecule is Cc1c(Br)cccc1C(=O)NCc1cccnc1. The van der Waals surface area contributed by atoms with Gasteiger partial charge in [0.05, 0.1) is 0 Å². The van der Waals surface area contributed by atoms with Crippen LogP contribution in [0.3, 0.4) is 0 Å². The number of pyridine rings is 1. The van der Waals surface area contributed by atoms with Crippen molar-refractivity contribution in [1.82, 2.24) is 10.3 Å². The van der Waals surface area contributed by atoms with Gasteiger partial charge in [0.15, 0.2) is 0 Å². The monoisotopic (exact) mass is 304 g/mol. The Labute approximate surface area is 114 Å². The first kappa shape index (κ1) is 12.8. The van der Waals surface area contributed by atoms with Crippen LogP contribution in [0.15, 0.2) is 47.2 Å². The molecule has 0 aliphatic heterocycles. The van der Waals surface area contributed by atoms with E-state index >= 15 is 0 Å². The van der Waals surface area contributed by atoms with Crippen LogP contribution in [0.25, 0.3) is 0 Å². The van der Waals surface area contributed by atoms with Crippen molar-refractivity contribution in [2.75, 3.05) is 0 Å². The van der Waals surface area contributed by atoms with Gasteiger partial charge in [0, 0.05) is 29.0 Å². The summed E-state index contributed by atoms with van der Waals surface area (Å²) in [5, 5.41) is 2.88. The van der Waals surface area contributed by atoms with Gasteiger partial charge in [0.25, 0.3) is 5.91 Å². The number of aromatic nitrogens is 1. The van der Waals surface area contributed by atoms with Crippen molar-refractivity contribution in [3.63, 3.8) is 0 Å². The maximum absolute atomic E-state index is 12.0. The standard InChI is InChI=1S/C14H13BrN2O/c1-10-12(5-2-6-13(10)15)14(18)17-9-11-4-3-7-16-8-11/h2-8H,9H2,1H3,(H,17,18). The van der Waals surface area contributed by atoms with Gasteiger partial charge in [-0.15, -0.1) is 0 Å². The van der Waals surface area contributed by atoms with Gasteiger partial charge in [0.2, 0.25) is 0 Å². The number of nitrogens with zero attached hydrogens (tertiary/aromatic N) is 1. The zero-order valence-electron chi connectivity index (χ0n) is 9.98. The molecule has 2 aromatic rings. The normalized spacial score (nSPS) is 10.1. The quantitative estimate of drug-likeness (QED) is 0.947. The molecular weight excluding hydrogens is 292 g/mol. The fraction of sp³-hybridized carbons (Fsp3) is 0.143. The third kappa shape index (κ3) is 2.96. The molecule has 1 amide bonds. The maximum atomic E-state index is 12.0. The van der Waals surface area contributed by atoms with E-state index in [1.165, 1.54) is 0 Å². The molecule has 0 spiro atoms. The minimum absolute atomic E-state index is 0.0716. The third-order valence-electron chi connectivity index (χ3n) is 2.69. The van der Waals surface area contributed by atoms with Crippen molar-refractivity contribution in [3.05, 3.63) is 63.9 Å². The third-order valence-corrected chi connectivity index (χ3v) is 3.55. The van der Waals surface area contributed by atoms with Crippen LogP contribution in [0.1, 0.15) is 21.5 Å². The lowest BCUT2D eigenvalue weighted by Gasteiger charge is -2.08. The Hall–Kier alpha value is -1.68. The Morgan fingerprint density at radius 2 is 2.17 bits per heavy atom. The van der Waals surface area contributed by atoms with Gasteiger partial charge in [-0.1, -0.05) is 28.1 Å². The molecule has 0 fully saturated rings. The van der Waals surface area contributed by atoms with Gasteiger partial charge in [-0.25, -0.2) is 0 Å². The lowest BCUT2D eigenvalue weighted by Crippen LogP contribution is -2.23. The Morgan fingerprint density at radius 3 is 2.89 bits per heavy atom. The van der Waals surface area contributed by atoms with Crippen molar-refractivity contribution in [3.8, 4) is 0 Å². The lowest BCUT2D eigenvalue weighted by molar-refractivity contribution is 0.0950. The smallest absolute Gasteiger partial charge is 0.251 e. The Morgan fingerprint density at radius 1 is 1.33 bits per heavy atom. The van der Waals surface area contributed by atoms with Gasteiger partial charge in [-0.05, 0) is 36.2 Å². The second-order valence-electron chi connectivity index (χ2n) is 3.96. The summed E-state index contributed by atoms with van der Waals surface area (Å²) in [6.07, 6.45) is 3.46. The predicted molar refractivity (Wildman–Crippen MR) is 74.3 cm³/mol. The Balaban J connectivity index is 2.07. The highest BCUT2D eigenvalue weighted by atomic mass is 79.9. The summed E-state index contributed by atoms with van der Waals surface area (Å²) in [5.74, 6) is -0.0716. The van der Waals surface area contributed by atoms with Crippen molar-refractivity contribution >= 4 is 21.8 Å². The molecule has 92 valence electrons. The molecule has 0 saturated carbocycles. The molecule has 4 heteroatoms. The first-order valence-corrected chi connectivity index (χ1v) is 6.40. The van der Waals surface area contributed by atoms with E-state index in [-0.39, 0.29) is 5.91 Å². The topological polar surface area (TPSA) is 42.0 Å². The Bertz CT molecular complexity index is 555. The molecule has 0 aliphatic rings. The number of carbonyl (C=O) groups excluding carboxylic acids is 1. The minimum Gasteiger partial charge on any atom is -0.348 e. The zero-order valence-corrected chi connectivity index (χ0v) is 11.6.